The highest BCUT2D eigenvalue weighted by Crippen LogP contribution is 2.55. The molecule has 2 aromatic rings. The number of amides is 1. The highest BCUT2D eigenvalue weighted by Gasteiger charge is 2.51. The third kappa shape index (κ3) is 4.24. The van der Waals surface area contributed by atoms with Crippen LogP contribution < -0.4 is 11.1 Å². The molecule has 154 valence electrons. The van der Waals surface area contributed by atoms with Gasteiger partial charge < -0.3 is 11.1 Å². The lowest BCUT2D eigenvalue weighted by atomic mass is 9.53. The van der Waals surface area contributed by atoms with E-state index in [2.05, 4.69) is 15.3 Å². The third-order valence-corrected chi connectivity index (χ3v) is 7.73. The van der Waals surface area contributed by atoms with Crippen LogP contribution in [0.3, 0.4) is 0 Å². The molecule has 5 nitrogen and oxygen atoms in total. The van der Waals surface area contributed by atoms with Crippen LogP contribution in [0, 0.1) is 17.8 Å². The van der Waals surface area contributed by atoms with E-state index in [1.165, 1.54) is 19.3 Å². The van der Waals surface area contributed by atoms with E-state index in [1.54, 1.807) is 24.2 Å². The van der Waals surface area contributed by atoms with Crippen LogP contribution in [-0.2, 0) is 5.75 Å². The van der Waals surface area contributed by atoms with Gasteiger partial charge in [0.15, 0.2) is 0 Å². The van der Waals surface area contributed by atoms with Crippen LogP contribution in [0.2, 0.25) is 0 Å². The van der Waals surface area contributed by atoms with Gasteiger partial charge in [-0.2, -0.15) is 0 Å². The number of rotatable bonds is 5. The molecule has 4 bridgehead atoms. The van der Waals surface area contributed by atoms with Crippen molar-refractivity contribution in [2.24, 2.45) is 17.8 Å². The Bertz CT molecular complexity index is 871. The van der Waals surface area contributed by atoms with Crippen LogP contribution in [0.4, 0.5) is 5.82 Å². The Morgan fingerprint density at radius 3 is 2.45 bits per heavy atom. The van der Waals surface area contributed by atoms with Crippen molar-refractivity contribution in [3.8, 4) is 0 Å². The molecule has 0 atom stereocenters. The Hall–Kier alpha value is -1.79. The topological polar surface area (TPSA) is 80.9 Å². The van der Waals surface area contributed by atoms with E-state index in [-0.39, 0.29) is 23.9 Å². The van der Waals surface area contributed by atoms with Crippen LogP contribution in [0.15, 0.2) is 41.7 Å². The number of pyridine rings is 2. The van der Waals surface area contributed by atoms with Crippen LogP contribution >= 0.6 is 24.2 Å². The fourth-order valence-corrected chi connectivity index (χ4v) is 6.92. The summed E-state index contributed by atoms with van der Waals surface area (Å²) in [4.78, 5) is 21.7. The van der Waals surface area contributed by atoms with Crippen LogP contribution in [0.5, 0.6) is 0 Å². The van der Waals surface area contributed by atoms with Gasteiger partial charge in [0.2, 0.25) is 0 Å². The van der Waals surface area contributed by atoms with Gasteiger partial charge in [0.1, 0.15) is 10.8 Å². The summed E-state index contributed by atoms with van der Waals surface area (Å²) in [5.41, 5.74) is 7.55. The van der Waals surface area contributed by atoms with Gasteiger partial charge in [0.25, 0.3) is 5.91 Å². The maximum Gasteiger partial charge on any atom is 0.254 e. The Morgan fingerprint density at radius 1 is 1.10 bits per heavy atom. The van der Waals surface area contributed by atoms with Crippen molar-refractivity contribution >= 4 is 35.9 Å². The third-order valence-electron chi connectivity index (χ3n) is 6.65. The molecule has 7 heteroatoms. The molecule has 0 aromatic carbocycles. The molecule has 0 unspecified atom stereocenters. The van der Waals surface area contributed by atoms with E-state index >= 15 is 0 Å². The average Bonchev–Trinajstić information content (AvgIpc) is 2.65. The molecule has 1 amide bonds. The molecular formula is C22H27ClN4OS. The van der Waals surface area contributed by atoms with E-state index in [4.69, 9.17) is 5.73 Å². The van der Waals surface area contributed by atoms with Crippen molar-refractivity contribution in [3.63, 3.8) is 0 Å². The Balaban J connectivity index is 0.00000205. The molecule has 3 N–H and O–H groups in total. The number of hydrogen-bond donors (Lipinski definition) is 2. The zero-order valence-corrected chi connectivity index (χ0v) is 18.0. The molecule has 0 radical (unpaired) electrons. The minimum absolute atomic E-state index is 0. The quantitative estimate of drug-likeness (QED) is 0.684. The minimum Gasteiger partial charge on any atom is -0.384 e. The zero-order valence-electron chi connectivity index (χ0n) is 16.3. The van der Waals surface area contributed by atoms with E-state index in [0.29, 0.717) is 17.1 Å². The number of anilines is 1. The maximum absolute atomic E-state index is 13.2. The van der Waals surface area contributed by atoms with E-state index in [0.717, 1.165) is 47.6 Å². The van der Waals surface area contributed by atoms with Crippen LogP contribution in [0.25, 0.3) is 0 Å². The number of nitrogens with zero attached hydrogens (tertiary/aromatic N) is 2. The first-order chi connectivity index (χ1) is 13.6. The fourth-order valence-electron chi connectivity index (χ4n) is 5.99. The summed E-state index contributed by atoms with van der Waals surface area (Å²) in [6, 6.07) is 7.56. The van der Waals surface area contributed by atoms with Gasteiger partial charge in [-0.15, -0.1) is 24.2 Å². The summed E-state index contributed by atoms with van der Waals surface area (Å²) in [6.07, 6.45) is 11.1. The van der Waals surface area contributed by atoms with E-state index < -0.39 is 0 Å². The summed E-state index contributed by atoms with van der Waals surface area (Å²) in [5.74, 6) is 3.69. The highest BCUT2D eigenvalue weighted by molar-refractivity contribution is 7.98. The molecule has 2 heterocycles. The van der Waals surface area contributed by atoms with Crippen molar-refractivity contribution in [1.29, 1.82) is 0 Å². The average molecular weight is 431 g/mol. The molecular weight excluding hydrogens is 404 g/mol. The molecule has 4 saturated carbocycles. The summed E-state index contributed by atoms with van der Waals surface area (Å²) < 4.78 is 0. The van der Waals surface area contributed by atoms with Gasteiger partial charge >= 0.3 is 0 Å². The van der Waals surface area contributed by atoms with Crippen molar-refractivity contribution in [2.75, 3.05) is 5.73 Å². The fraction of sp³-hybridized carbons (Fsp3) is 0.500. The monoisotopic (exact) mass is 430 g/mol. The largest absolute Gasteiger partial charge is 0.384 e. The smallest absolute Gasteiger partial charge is 0.254 e. The Labute approximate surface area is 182 Å². The summed E-state index contributed by atoms with van der Waals surface area (Å²) >= 11 is 1.57. The Kier molecular flexibility index (Phi) is 5.76. The number of thioether (sulfide) groups is 1. The van der Waals surface area contributed by atoms with Gasteiger partial charge in [-0.1, -0.05) is 0 Å². The highest BCUT2D eigenvalue weighted by atomic mass is 35.5. The van der Waals surface area contributed by atoms with E-state index in [1.807, 2.05) is 24.3 Å². The predicted molar refractivity (Wildman–Crippen MR) is 118 cm³/mol. The molecule has 0 spiro atoms. The molecule has 4 aliphatic rings. The van der Waals surface area contributed by atoms with Gasteiger partial charge in [0.05, 0.1) is 5.56 Å². The van der Waals surface area contributed by atoms with Crippen LogP contribution in [0.1, 0.15) is 54.4 Å². The lowest BCUT2D eigenvalue weighted by molar-refractivity contribution is -0.0167. The number of hydrogen-bond acceptors (Lipinski definition) is 5. The molecule has 4 fully saturated rings. The maximum atomic E-state index is 13.2. The minimum atomic E-state index is 0. The van der Waals surface area contributed by atoms with Crippen molar-refractivity contribution < 1.29 is 4.79 Å². The molecule has 0 saturated heterocycles. The first kappa shape index (κ1) is 20.5. The van der Waals surface area contributed by atoms with Gasteiger partial charge in [-0.3, -0.25) is 4.79 Å². The number of nitrogens with two attached hydrogens (primary N) is 1. The second-order valence-electron chi connectivity index (χ2n) is 8.89. The van der Waals surface area contributed by atoms with Crippen molar-refractivity contribution in [2.45, 2.75) is 54.8 Å². The van der Waals surface area contributed by atoms with Gasteiger partial charge in [-0.05, 0) is 86.1 Å². The number of nitrogens with one attached hydrogen (secondary N) is 1. The predicted octanol–water partition coefficient (Wildman–Crippen LogP) is 4.47. The molecule has 2 aromatic heterocycles. The molecule has 29 heavy (non-hydrogen) atoms. The lowest BCUT2D eigenvalue weighted by Gasteiger charge is -2.56. The first-order valence-corrected chi connectivity index (χ1v) is 11.2. The zero-order chi connectivity index (χ0) is 19.1. The summed E-state index contributed by atoms with van der Waals surface area (Å²) in [5, 5.41) is 4.24. The van der Waals surface area contributed by atoms with Crippen LogP contribution in [-0.4, -0.2) is 21.4 Å². The summed E-state index contributed by atoms with van der Waals surface area (Å²) in [7, 11) is 0. The second-order valence-corrected chi connectivity index (χ2v) is 9.85. The molecule has 6 rings (SSSR count). The van der Waals surface area contributed by atoms with E-state index in [9.17, 15) is 4.79 Å². The lowest BCUT2D eigenvalue weighted by Crippen LogP contribution is -2.59. The van der Waals surface area contributed by atoms with Crippen molar-refractivity contribution in [1.82, 2.24) is 15.3 Å². The number of aromatic nitrogens is 2. The number of nitrogen functional groups attached to an aromatic ring is 1. The number of halogens is 1. The Morgan fingerprint density at radius 2 is 1.79 bits per heavy atom. The van der Waals surface area contributed by atoms with Crippen molar-refractivity contribution in [3.05, 3.63) is 47.8 Å². The molecule has 0 aliphatic heterocycles. The molecule has 4 aliphatic carbocycles. The summed E-state index contributed by atoms with van der Waals surface area (Å²) in [6.45, 7) is 0. The van der Waals surface area contributed by atoms with Gasteiger partial charge in [0, 0.05) is 23.7 Å². The second kappa shape index (κ2) is 8.15. The normalized spacial score (nSPS) is 29.3. The van der Waals surface area contributed by atoms with Gasteiger partial charge in [-0.25, -0.2) is 9.97 Å². The first-order valence-electron chi connectivity index (χ1n) is 10.2. The number of carbonyl (C=O) groups excluding carboxylic acids is 1. The number of carbonyl (C=O) groups is 1. The standard InChI is InChI=1S/C22H26N4OS.ClH/c23-19-9-14(3-5-24-19)13-28-21-18(2-1-4-25-21)20(27)26-22-10-15-6-16(11-22)8-17(7-15)12-22;/h1-5,9,15-17H,6-8,10-13H2,(H2,23,24)(H,26,27);1H. The SMILES string of the molecule is Cl.Nc1cc(CSc2ncccc2C(=O)NC23CC4CC(CC(C4)C2)C3)ccn1.